The summed E-state index contributed by atoms with van der Waals surface area (Å²) in [6.45, 7) is 1.41. The van der Waals surface area contributed by atoms with Crippen LogP contribution in [0.1, 0.15) is 34.8 Å². The van der Waals surface area contributed by atoms with Crippen LogP contribution in [0.25, 0.3) is 11.0 Å². The van der Waals surface area contributed by atoms with Crippen LogP contribution < -0.4 is 0 Å². The standard InChI is InChI=1S/C18H19N3O3/c1-20-8-6-16(19-20)12-3-2-7-21(10-12)18(23)15-11-24-17-9-13(22)4-5-14(15)17/h4-6,8-9,11-12,22H,2-3,7,10H2,1H3. The number of fused-ring (bicyclic) bond motifs is 1. The number of aromatic nitrogens is 2. The molecular formula is C18H19N3O3. The number of aromatic hydroxyl groups is 1. The fourth-order valence-corrected chi connectivity index (χ4v) is 3.41. The molecule has 1 aliphatic heterocycles. The maximum atomic E-state index is 12.9. The van der Waals surface area contributed by atoms with Crippen molar-refractivity contribution in [2.45, 2.75) is 18.8 Å². The SMILES string of the molecule is Cn1ccc(C2CCCN(C(=O)c3coc4cc(O)ccc34)C2)n1. The van der Waals surface area contributed by atoms with Gasteiger partial charge >= 0.3 is 0 Å². The Balaban J connectivity index is 1.59. The second-order valence-electron chi connectivity index (χ2n) is 6.33. The molecule has 3 heterocycles. The molecule has 0 aliphatic carbocycles. The fraction of sp³-hybridized carbons (Fsp3) is 0.333. The van der Waals surface area contributed by atoms with E-state index in [-0.39, 0.29) is 17.6 Å². The summed E-state index contributed by atoms with van der Waals surface area (Å²) in [4.78, 5) is 14.8. The predicted molar refractivity (Wildman–Crippen MR) is 89.0 cm³/mol. The summed E-state index contributed by atoms with van der Waals surface area (Å²) in [6.07, 6.45) is 5.42. The van der Waals surface area contributed by atoms with E-state index in [0.29, 0.717) is 17.7 Å². The van der Waals surface area contributed by atoms with E-state index in [1.54, 1.807) is 16.8 Å². The number of benzene rings is 1. The van der Waals surface area contributed by atoms with E-state index < -0.39 is 0 Å². The Morgan fingerprint density at radius 1 is 1.38 bits per heavy atom. The lowest BCUT2D eigenvalue weighted by atomic mass is 9.94. The minimum absolute atomic E-state index is 0.0277. The van der Waals surface area contributed by atoms with Crippen molar-refractivity contribution in [2.75, 3.05) is 13.1 Å². The number of carbonyl (C=O) groups excluding carboxylic acids is 1. The summed E-state index contributed by atoms with van der Waals surface area (Å²) in [6, 6.07) is 6.84. The number of phenols is 1. The number of carbonyl (C=O) groups is 1. The maximum absolute atomic E-state index is 12.9. The van der Waals surface area contributed by atoms with Crippen molar-refractivity contribution in [3.8, 4) is 5.75 Å². The van der Waals surface area contributed by atoms with E-state index in [1.807, 2.05) is 24.2 Å². The lowest BCUT2D eigenvalue weighted by Gasteiger charge is -2.31. The number of phenolic OH excluding ortho intramolecular Hbond substituents is 1. The van der Waals surface area contributed by atoms with E-state index in [0.717, 1.165) is 30.5 Å². The monoisotopic (exact) mass is 325 g/mol. The number of hydrogen-bond acceptors (Lipinski definition) is 4. The number of nitrogens with zero attached hydrogens (tertiary/aromatic N) is 3. The van der Waals surface area contributed by atoms with Crippen molar-refractivity contribution in [1.82, 2.24) is 14.7 Å². The molecule has 6 nitrogen and oxygen atoms in total. The normalized spacial score (nSPS) is 18.2. The number of hydrogen-bond donors (Lipinski definition) is 1. The molecule has 1 saturated heterocycles. The molecule has 1 N–H and O–H groups in total. The molecule has 3 aromatic rings. The predicted octanol–water partition coefficient (Wildman–Crippen LogP) is 2.89. The van der Waals surface area contributed by atoms with Crippen molar-refractivity contribution in [3.05, 3.63) is 48.0 Å². The zero-order valence-corrected chi connectivity index (χ0v) is 13.5. The quantitative estimate of drug-likeness (QED) is 0.786. The van der Waals surface area contributed by atoms with Crippen LogP contribution in [0.3, 0.4) is 0 Å². The third kappa shape index (κ3) is 2.54. The van der Waals surface area contributed by atoms with Crippen LogP contribution in [0, 0.1) is 0 Å². The first kappa shape index (κ1) is 14.8. The molecule has 4 rings (SSSR count). The molecule has 24 heavy (non-hydrogen) atoms. The zero-order valence-electron chi connectivity index (χ0n) is 13.5. The second kappa shape index (κ2) is 5.70. The molecule has 2 aromatic heterocycles. The number of furan rings is 1. The van der Waals surface area contributed by atoms with Crippen LogP contribution in [0.4, 0.5) is 0 Å². The van der Waals surface area contributed by atoms with E-state index in [9.17, 15) is 9.90 Å². The molecular weight excluding hydrogens is 306 g/mol. The van der Waals surface area contributed by atoms with Crippen molar-refractivity contribution < 1.29 is 14.3 Å². The van der Waals surface area contributed by atoms with Gasteiger partial charge in [0.1, 0.15) is 17.6 Å². The topological polar surface area (TPSA) is 71.5 Å². The van der Waals surface area contributed by atoms with Gasteiger partial charge < -0.3 is 14.4 Å². The Labute approximate surface area is 139 Å². The lowest BCUT2D eigenvalue weighted by molar-refractivity contribution is 0.0706. The van der Waals surface area contributed by atoms with Gasteiger partial charge in [0, 0.05) is 43.7 Å². The molecule has 0 bridgehead atoms. The number of aryl methyl sites for hydroxylation is 1. The number of likely N-dealkylation sites (tertiary alicyclic amines) is 1. The fourth-order valence-electron chi connectivity index (χ4n) is 3.41. The maximum Gasteiger partial charge on any atom is 0.257 e. The van der Waals surface area contributed by atoms with Crippen molar-refractivity contribution in [3.63, 3.8) is 0 Å². The summed E-state index contributed by atoms with van der Waals surface area (Å²) in [7, 11) is 1.91. The molecule has 0 radical (unpaired) electrons. The number of amides is 1. The zero-order chi connectivity index (χ0) is 16.7. The first-order valence-electron chi connectivity index (χ1n) is 8.11. The van der Waals surface area contributed by atoms with Crippen LogP contribution in [-0.4, -0.2) is 38.8 Å². The average molecular weight is 325 g/mol. The largest absolute Gasteiger partial charge is 0.508 e. The highest BCUT2D eigenvalue weighted by Crippen LogP contribution is 2.30. The van der Waals surface area contributed by atoms with Gasteiger partial charge in [-0.3, -0.25) is 9.48 Å². The highest BCUT2D eigenvalue weighted by molar-refractivity contribution is 6.06. The molecule has 1 unspecified atom stereocenters. The van der Waals surface area contributed by atoms with Crippen LogP contribution in [0.15, 0.2) is 41.1 Å². The summed E-state index contributed by atoms with van der Waals surface area (Å²) in [5.74, 6) is 0.371. The molecule has 1 amide bonds. The summed E-state index contributed by atoms with van der Waals surface area (Å²) in [5, 5.41) is 14.7. The molecule has 0 saturated carbocycles. The van der Waals surface area contributed by atoms with Gasteiger partial charge in [-0.25, -0.2) is 0 Å². The minimum atomic E-state index is -0.0277. The highest BCUT2D eigenvalue weighted by Gasteiger charge is 2.28. The van der Waals surface area contributed by atoms with E-state index in [4.69, 9.17) is 4.42 Å². The Bertz CT molecular complexity index is 896. The van der Waals surface area contributed by atoms with Gasteiger partial charge in [0.05, 0.1) is 11.3 Å². The summed E-state index contributed by atoms with van der Waals surface area (Å²) in [5.41, 5.74) is 2.11. The molecule has 1 atom stereocenters. The smallest absolute Gasteiger partial charge is 0.257 e. The summed E-state index contributed by atoms with van der Waals surface area (Å²) >= 11 is 0. The minimum Gasteiger partial charge on any atom is -0.508 e. The van der Waals surface area contributed by atoms with Gasteiger partial charge in [-0.05, 0) is 31.0 Å². The molecule has 1 fully saturated rings. The van der Waals surface area contributed by atoms with Gasteiger partial charge in [-0.15, -0.1) is 0 Å². The van der Waals surface area contributed by atoms with Crippen molar-refractivity contribution in [1.29, 1.82) is 0 Å². The third-order valence-corrected chi connectivity index (χ3v) is 4.65. The van der Waals surface area contributed by atoms with Gasteiger partial charge in [-0.1, -0.05) is 0 Å². The van der Waals surface area contributed by atoms with Crippen LogP contribution in [0.5, 0.6) is 5.75 Å². The first-order valence-corrected chi connectivity index (χ1v) is 8.11. The van der Waals surface area contributed by atoms with Gasteiger partial charge in [0.15, 0.2) is 0 Å². The lowest BCUT2D eigenvalue weighted by Crippen LogP contribution is -2.39. The molecule has 1 aliphatic rings. The van der Waals surface area contributed by atoms with Crippen LogP contribution in [0.2, 0.25) is 0 Å². The average Bonchev–Trinajstić information content (AvgIpc) is 3.20. The first-order chi connectivity index (χ1) is 11.6. The van der Waals surface area contributed by atoms with Crippen molar-refractivity contribution in [2.24, 2.45) is 7.05 Å². The third-order valence-electron chi connectivity index (χ3n) is 4.65. The summed E-state index contributed by atoms with van der Waals surface area (Å²) < 4.78 is 7.23. The Morgan fingerprint density at radius 2 is 2.25 bits per heavy atom. The number of piperidine rings is 1. The Morgan fingerprint density at radius 3 is 3.04 bits per heavy atom. The van der Waals surface area contributed by atoms with Gasteiger partial charge in [0.25, 0.3) is 5.91 Å². The molecule has 124 valence electrons. The Kier molecular flexibility index (Phi) is 3.52. The highest BCUT2D eigenvalue weighted by atomic mass is 16.3. The van der Waals surface area contributed by atoms with E-state index in [2.05, 4.69) is 5.10 Å². The van der Waals surface area contributed by atoms with Crippen LogP contribution >= 0.6 is 0 Å². The molecule has 1 aromatic carbocycles. The second-order valence-corrected chi connectivity index (χ2v) is 6.33. The van der Waals surface area contributed by atoms with E-state index in [1.165, 1.54) is 12.3 Å². The van der Waals surface area contributed by atoms with Gasteiger partial charge in [0.2, 0.25) is 0 Å². The van der Waals surface area contributed by atoms with Crippen LogP contribution in [-0.2, 0) is 7.05 Å². The van der Waals surface area contributed by atoms with Gasteiger partial charge in [-0.2, -0.15) is 5.10 Å². The molecule has 0 spiro atoms. The Hall–Kier alpha value is -2.76. The molecule has 6 heteroatoms. The van der Waals surface area contributed by atoms with Crippen molar-refractivity contribution >= 4 is 16.9 Å². The number of rotatable bonds is 2. The van der Waals surface area contributed by atoms with E-state index >= 15 is 0 Å².